The predicted molar refractivity (Wildman–Crippen MR) is 116 cm³/mol. The van der Waals surface area contributed by atoms with Gasteiger partial charge < -0.3 is 0 Å². The summed E-state index contributed by atoms with van der Waals surface area (Å²) in [5, 5.41) is 1.24. The molecule has 7 heteroatoms. The van der Waals surface area contributed by atoms with Crippen LogP contribution in [0.25, 0.3) is 22.2 Å². The number of hydrogen-bond donors (Lipinski definition) is 2. The van der Waals surface area contributed by atoms with Gasteiger partial charge in [-0.05, 0) is 39.1 Å². The lowest BCUT2D eigenvalue weighted by atomic mass is 10.0. The van der Waals surface area contributed by atoms with Crippen LogP contribution in [0.4, 0.5) is 0 Å². The zero-order valence-electron chi connectivity index (χ0n) is 16.6. The highest BCUT2D eigenvalue weighted by Crippen LogP contribution is 2.29. The first-order valence-corrected chi connectivity index (χ1v) is 9.68. The van der Waals surface area contributed by atoms with Crippen LogP contribution in [0.2, 0.25) is 5.02 Å². The number of rotatable bonds is 5. The first-order chi connectivity index (χ1) is 13.9. The van der Waals surface area contributed by atoms with Gasteiger partial charge >= 0.3 is 0 Å². The number of hydrazine groups is 1. The van der Waals surface area contributed by atoms with Gasteiger partial charge in [-0.3, -0.25) is 25.3 Å². The molecule has 0 bridgehead atoms. The average Bonchev–Trinajstić information content (AvgIpc) is 2.71. The highest BCUT2D eigenvalue weighted by Gasteiger charge is 2.16. The van der Waals surface area contributed by atoms with Crippen molar-refractivity contribution in [2.75, 3.05) is 13.6 Å². The number of amides is 2. The highest BCUT2D eigenvalue weighted by atomic mass is 35.5. The smallest absolute Gasteiger partial charge is 0.270 e. The van der Waals surface area contributed by atoms with Crippen molar-refractivity contribution in [2.45, 2.75) is 19.9 Å². The van der Waals surface area contributed by atoms with Gasteiger partial charge in [-0.25, -0.2) is 4.98 Å². The van der Waals surface area contributed by atoms with Crippen molar-refractivity contribution < 1.29 is 9.59 Å². The molecule has 1 aromatic heterocycles. The van der Waals surface area contributed by atoms with Gasteiger partial charge in [0.25, 0.3) is 11.8 Å². The molecule has 0 aliphatic carbocycles. The van der Waals surface area contributed by atoms with E-state index in [1.54, 1.807) is 12.1 Å². The molecular formula is C22H23ClN4O2. The maximum atomic E-state index is 12.9. The number of nitrogens with one attached hydrogen (secondary N) is 2. The zero-order valence-corrected chi connectivity index (χ0v) is 17.3. The Labute approximate surface area is 174 Å². The van der Waals surface area contributed by atoms with Crippen molar-refractivity contribution in [1.29, 1.82) is 0 Å². The van der Waals surface area contributed by atoms with Gasteiger partial charge in [-0.15, -0.1) is 0 Å². The van der Waals surface area contributed by atoms with Crippen molar-refractivity contribution in [3.63, 3.8) is 0 Å². The number of pyridine rings is 1. The summed E-state index contributed by atoms with van der Waals surface area (Å²) >= 11 is 6.32. The molecule has 0 saturated heterocycles. The molecular weight excluding hydrogens is 388 g/mol. The molecule has 3 aromatic rings. The number of aromatic nitrogens is 1. The maximum absolute atomic E-state index is 12.9. The largest absolute Gasteiger partial charge is 0.295 e. The fourth-order valence-corrected chi connectivity index (χ4v) is 3.05. The minimum atomic E-state index is -0.419. The standard InChI is InChI=1S/C22H23ClN4O2/c1-14(2)27(3)13-21(28)25-26-22(29)17-12-20(16-9-4-6-10-18(16)23)24-19-11-7-5-8-15(17)19/h4-12,14H,13H2,1-3H3,(H,25,28)(H,26,29). The minimum absolute atomic E-state index is 0.180. The Balaban J connectivity index is 1.89. The van der Waals surface area contributed by atoms with Crippen molar-refractivity contribution in [1.82, 2.24) is 20.7 Å². The van der Waals surface area contributed by atoms with Crippen molar-refractivity contribution in [3.05, 3.63) is 65.2 Å². The molecule has 0 aliphatic rings. The molecule has 2 N–H and O–H groups in total. The average molecular weight is 411 g/mol. The summed E-state index contributed by atoms with van der Waals surface area (Å²) in [6.45, 7) is 4.16. The van der Waals surface area contributed by atoms with Crippen molar-refractivity contribution in [2.24, 2.45) is 0 Å². The number of carbonyl (C=O) groups is 2. The van der Waals surface area contributed by atoms with Crippen LogP contribution in [0.5, 0.6) is 0 Å². The quantitative estimate of drug-likeness (QED) is 0.629. The van der Waals surface area contributed by atoms with Crippen LogP contribution in [0.3, 0.4) is 0 Å². The number of halogens is 1. The lowest BCUT2D eigenvalue weighted by Crippen LogP contribution is -2.46. The van der Waals surface area contributed by atoms with Crippen LogP contribution in [0, 0.1) is 0 Å². The molecule has 2 amide bonds. The van der Waals surface area contributed by atoms with Crippen LogP contribution < -0.4 is 10.9 Å². The first kappa shape index (κ1) is 20.8. The van der Waals surface area contributed by atoms with E-state index < -0.39 is 5.91 Å². The van der Waals surface area contributed by atoms with Gasteiger partial charge in [0.15, 0.2) is 0 Å². The number of fused-ring (bicyclic) bond motifs is 1. The molecule has 3 rings (SSSR count). The van der Waals surface area contributed by atoms with Gasteiger partial charge in [0.2, 0.25) is 0 Å². The van der Waals surface area contributed by atoms with Crippen LogP contribution in [0.1, 0.15) is 24.2 Å². The number of benzene rings is 2. The second-order valence-corrected chi connectivity index (χ2v) is 7.47. The molecule has 0 aliphatic heterocycles. The summed E-state index contributed by atoms with van der Waals surface area (Å²) in [6.07, 6.45) is 0. The Hall–Kier alpha value is -2.96. The van der Waals surface area contributed by atoms with E-state index in [0.29, 0.717) is 27.2 Å². The van der Waals surface area contributed by atoms with E-state index in [0.717, 1.165) is 5.56 Å². The second kappa shape index (κ2) is 9.03. The molecule has 0 unspecified atom stereocenters. The number of para-hydroxylation sites is 1. The summed E-state index contributed by atoms with van der Waals surface area (Å²) in [7, 11) is 1.85. The van der Waals surface area contributed by atoms with Gasteiger partial charge in [-0.1, -0.05) is 48.0 Å². The number of hydrogen-bond acceptors (Lipinski definition) is 4. The van der Waals surface area contributed by atoms with Crippen molar-refractivity contribution >= 4 is 34.3 Å². The van der Waals surface area contributed by atoms with E-state index >= 15 is 0 Å². The zero-order chi connectivity index (χ0) is 21.0. The SMILES string of the molecule is CC(C)N(C)CC(=O)NNC(=O)c1cc(-c2ccccc2Cl)nc2ccccc12. The number of carbonyl (C=O) groups excluding carboxylic acids is 2. The minimum Gasteiger partial charge on any atom is -0.295 e. The molecule has 0 saturated carbocycles. The van der Waals surface area contributed by atoms with Crippen molar-refractivity contribution in [3.8, 4) is 11.3 Å². The van der Waals surface area contributed by atoms with Gasteiger partial charge in [0.05, 0.1) is 23.3 Å². The summed E-state index contributed by atoms with van der Waals surface area (Å²) in [5.41, 5.74) is 7.37. The topological polar surface area (TPSA) is 74.3 Å². The third-order valence-electron chi connectivity index (χ3n) is 4.70. The Bertz CT molecular complexity index is 1050. The number of likely N-dealkylation sites (N-methyl/N-ethyl adjacent to an activating group) is 1. The first-order valence-electron chi connectivity index (χ1n) is 9.31. The summed E-state index contributed by atoms with van der Waals surface area (Å²) < 4.78 is 0. The van der Waals surface area contributed by atoms with Crippen LogP contribution in [0.15, 0.2) is 54.6 Å². The van der Waals surface area contributed by atoms with Gasteiger partial charge in [0, 0.05) is 22.0 Å². The van der Waals surface area contributed by atoms with E-state index in [-0.39, 0.29) is 18.5 Å². The number of nitrogens with zero attached hydrogens (tertiary/aromatic N) is 2. The third-order valence-corrected chi connectivity index (χ3v) is 5.03. The second-order valence-electron chi connectivity index (χ2n) is 7.06. The van der Waals surface area contributed by atoms with E-state index in [9.17, 15) is 9.59 Å². The van der Waals surface area contributed by atoms with E-state index in [2.05, 4.69) is 15.8 Å². The molecule has 2 aromatic carbocycles. The Morgan fingerprint density at radius 3 is 2.48 bits per heavy atom. The molecule has 0 spiro atoms. The monoisotopic (exact) mass is 410 g/mol. The summed E-state index contributed by atoms with van der Waals surface area (Å²) in [5.74, 6) is -0.711. The fourth-order valence-electron chi connectivity index (χ4n) is 2.81. The lowest BCUT2D eigenvalue weighted by molar-refractivity contribution is -0.123. The summed E-state index contributed by atoms with van der Waals surface area (Å²) in [6, 6.07) is 16.6. The molecule has 6 nitrogen and oxygen atoms in total. The fraction of sp³-hybridized carbons (Fsp3) is 0.227. The molecule has 0 atom stereocenters. The molecule has 0 fully saturated rings. The highest BCUT2D eigenvalue weighted by molar-refractivity contribution is 6.33. The van der Waals surface area contributed by atoms with E-state index in [1.165, 1.54) is 0 Å². The molecule has 150 valence electrons. The van der Waals surface area contributed by atoms with Crippen LogP contribution in [-0.2, 0) is 4.79 Å². The van der Waals surface area contributed by atoms with Crippen LogP contribution >= 0.6 is 11.6 Å². The molecule has 29 heavy (non-hydrogen) atoms. The van der Waals surface area contributed by atoms with E-state index in [4.69, 9.17) is 11.6 Å². The third kappa shape index (κ3) is 4.91. The predicted octanol–water partition coefficient (Wildman–Crippen LogP) is 3.66. The Morgan fingerprint density at radius 1 is 1.07 bits per heavy atom. The van der Waals surface area contributed by atoms with Gasteiger partial charge in [0.1, 0.15) is 0 Å². The van der Waals surface area contributed by atoms with E-state index in [1.807, 2.05) is 68.3 Å². The van der Waals surface area contributed by atoms with Gasteiger partial charge in [-0.2, -0.15) is 0 Å². The van der Waals surface area contributed by atoms with Crippen LogP contribution in [-0.4, -0.2) is 41.3 Å². The maximum Gasteiger partial charge on any atom is 0.270 e. The Kier molecular flexibility index (Phi) is 6.46. The molecule has 0 radical (unpaired) electrons. The molecule has 1 heterocycles. The normalized spacial score (nSPS) is 11.1. The lowest BCUT2D eigenvalue weighted by Gasteiger charge is -2.20. The Morgan fingerprint density at radius 2 is 1.76 bits per heavy atom. The summed E-state index contributed by atoms with van der Waals surface area (Å²) in [4.78, 5) is 31.5.